The third kappa shape index (κ3) is 4.98. The molecule has 0 aliphatic heterocycles. The molecule has 12 heteroatoms. The first-order chi connectivity index (χ1) is 16.2. The molecule has 0 radical (unpaired) electrons. The van der Waals surface area contributed by atoms with Crippen molar-refractivity contribution in [2.45, 2.75) is 49.2 Å². The van der Waals surface area contributed by atoms with Gasteiger partial charge in [0.2, 0.25) is 10.0 Å². The highest BCUT2D eigenvalue weighted by Gasteiger charge is 2.33. The summed E-state index contributed by atoms with van der Waals surface area (Å²) in [7, 11) is -4.32. The van der Waals surface area contributed by atoms with Crippen LogP contribution < -0.4 is 16.0 Å². The minimum Gasteiger partial charge on any atom is -0.328 e. The molecule has 3 N–H and O–H groups in total. The van der Waals surface area contributed by atoms with E-state index < -0.39 is 42.9 Å². The van der Waals surface area contributed by atoms with Crippen LogP contribution in [0.4, 0.5) is 10.1 Å². The van der Waals surface area contributed by atoms with Gasteiger partial charge in [-0.1, -0.05) is 12.1 Å². The number of benzene rings is 2. The van der Waals surface area contributed by atoms with Crippen LogP contribution in [-0.4, -0.2) is 35.0 Å². The molecule has 4 rings (SSSR count). The van der Waals surface area contributed by atoms with Crippen molar-refractivity contribution in [3.63, 3.8) is 0 Å². The maximum Gasteiger partial charge on any atom is 0.289 e. The van der Waals surface area contributed by atoms with E-state index in [0.29, 0.717) is 31.2 Å². The lowest BCUT2D eigenvalue weighted by Crippen LogP contribution is -2.46. The van der Waals surface area contributed by atoms with Crippen LogP contribution in [0.15, 0.2) is 58.4 Å². The van der Waals surface area contributed by atoms with Gasteiger partial charge in [-0.25, -0.2) is 22.5 Å². The van der Waals surface area contributed by atoms with Crippen LogP contribution in [0.3, 0.4) is 0 Å². The minimum absolute atomic E-state index is 0.00212. The summed E-state index contributed by atoms with van der Waals surface area (Å²) in [5, 5.41) is 11.4. The number of nitrogens with two attached hydrogens (primary N) is 1. The van der Waals surface area contributed by atoms with E-state index in [9.17, 15) is 27.7 Å². The maximum atomic E-state index is 14.0. The largest absolute Gasteiger partial charge is 0.328 e. The van der Waals surface area contributed by atoms with Crippen molar-refractivity contribution in [3.8, 4) is 0 Å². The summed E-state index contributed by atoms with van der Waals surface area (Å²) in [5.41, 5.74) is 5.57. The molecule has 34 heavy (non-hydrogen) atoms. The number of fused-ring (bicyclic) bond motifs is 1. The van der Waals surface area contributed by atoms with Gasteiger partial charge < -0.3 is 10.3 Å². The van der Waals surface area contributed by atoms with E-state index in [1.165, 1.54) is 34.9 Å². The Kier molecular flexibility index (Phi) is 6.73. The van der Waals surface area contributed by atoms with Crippen LogP contribution in [0.1, 0.15) is 25.7 Å². The molecule has 1 atom stereocenters. The summed E-state index contributed by atoms with van der Waals surface area (Å²) in [4.78, 5) is 26.9. The topological polar surface area (TPSA) is 150 Å². The number of halogens is 1. The highest BCUT2D eigenvalue weighted by molar-refractivity contribution is 7.89. The van der Waals surface area contributed by atoms with E-state index in [0.717, 1.165) is 18.3 Å². The summed E-state index contributed by atoms with van der Waals surface area (Å²) >= 11 is 0. The number of nitrogens with one attached hydrogen (secondary N) is 1. The molecule has 0 amide bonds. The molecule has 1 fully saturated rings. The summed E-state index contributed by atoms with van der Waals surface area (Å²) in [6, 6.07) is 8.12. The standard InChI is InChI=1S/C22H24FN5O5S/c23-15-7-10-17-20(11-15)27(22(29)12-25-17)13-18(14-5-8-16(24)9-6-14)26-34(32,33)21-4-2-1-3-19(21)28(30)31/h1-4,7,10-12,14,16,18,26H,5-6,8-9,13,24H2. The fourth-order valence-electron chi connectivity index (χ4n) is 4.45. The van der Waals surface area contributed by atoms with Crippen molar-refractivity contribution in [2.24, 2.45) is 11.7 Å². The van der Waals surface area contributed by atoms with Gasteiger partial charge in [0.05, 0.1) is 22.2 Å². The second kappa shape index (κ2) is 9.57. The minimum atomic E-state index is -4.32. The van der Waals surface area contributed by atoms with Crippen LogP contribution in [0.5, 0.6) is 0 Å². The molecule has 180 valence electrons. The molecule has 1 heterocycles. The Bertz CT molecular complexity index is 1390. The van der Waals surface area contributed by atoms with E-state index in [4.69, 9.17) is 5.73 Å². The Morgan fingerprint density at radius 2 is 1.91 bits per heavy atom. The summed E-state index contributed by atoms with van der Waals surface area (Å²) in [5.74, 6) is -0.740. The Morgan fingerprint density at radius 3 is 2.62 bits per heavy atom. The fourth-order valence-corrected chi connectivity index (χ4v) is 5.92. The number of sulfonamides is 1. The Morgan fingerprint density at radius 1 is 1.21 bits per heavy atom. The lowest BCUT2D eigenvalue weighted by molar-refractivity contribution is -0.387. The number of para-hydroxylation sites is 1. The molecule has 0 saturated heterocycles. The van der Waals surface area contributed by atoms with Gasteiger partial charge >= 0.3 is 0 Å². The molecule has 1 aliphatic rings. The number of nitro benzene ring substituents is 1. The van der Waals surface area contributed by atoms with E-state index in [1.54, 1.807) is 0 Å². The lowest BCUT2D eigenvalue weighted by Gasteiger charge is -2.33. The molecule has 0 bridgehead atoms. The highest BCUT2D eigenvalue weighted by Crippen LogP contribution is 2.30. The average molecular weight is 490 g/mol. The van der Waals surface area contributed by atoms with Gasteiger partial charge in [-0.15, -0.1) is 0 Å². The van der Waals surface area contributed by atoms with Gasteiger partial charge in [0.15, 0.2) is 4.90 Å². The van der Waals surface area contributed by atoms with Crippen LogP contribution in [-0.2, 0) is 16.6 Å². The summed E-state index contributed by atoms with van der Waals surface area (Å²) in [6.45, 7) is -0.0962. The van der Waals surface area contributed by atoms with Crippen molar-refractivity contribution in [1.29, 1.82) is 0 Å². The van der Waals surface area contributed by atoms with Crippen LogP contribution >= 0.6 is 0 Å². The van der Waals surface area contributed by atoms with E-state index in [-0.39, 0.29) is 24.0 Å². The van der Waals surface area contributed by atoms with Gasteiger partial charge in [-0.3, -0.25) is 14.9 Å². The number of nitro groups is 1. The molecule has 1 aromatic heterocycles. The third-order valence-electron chi connectivity index (χ3n) is 6.23. The van der Waals surface area contributed by atoms with Gasteiger partial charge in [0.25, 0.3) is 11.2 Å². The maximum absolute atomic E-state index is 14.0. The molecular formula is C22H24FN5O5S. The zero-order valence-electron chi connectivity index (χ0n) is 18.1. The second-order valence-corrected chi connectivity index (χ2v) is 10.1. The summed E-state index contributed by atoms with van der Waals surface area (Å²) in [6.07, 6.45) is 3.67. The normalized spacial score (nSPS) is 19.7. The first kappa shape index (κ1) is 23.9. The zero-order valence-corrected chi connectivity index (χ0v) is 18.9. The third-order valence-corrected chi connectivity index (χ3v) is 7.77. The number of nitrogens with zero attached hydrogens (tertiary/aromatic N) is 3. The van der Waals surface area contributed by atoms with Gasteiger partial charge in [-0.05, 0) is 55.9 Å². The lowest BCUT2D eigenvalue weighted by atomic mass is 9.82. The molecule has 1 unspecified atom stereocenters. The molecule has 1 aliphatic carbocycles. The van der Waals surface area contributed by atoms with Crippen molar-refractivity contribution in [2.75, 3.05) is 0 Å². The average Bonchev–Trinajstić information content (AvgIpc) is 2.80. The fraction of sp³-hybridized carbons (Fsp3) is 0.364. The molecule has 0 spiro atoms. The van der Waals surface area contributed by atoms with E-state index in [2.05, 4.69) is 9.71 Å². The summed E-state index contributed by atoms with van der Waals surface area (Å²) < 4.78 is 44.4. The first-order valence-electron chi connectivity index (χ1n) is 10.8. The Balaban J connectivity index is 1.76. The Labute approximate surface area is 194 Å². The van der Waals surface area contributed by atoms with Crippen molar-refractivity contribution in [3.05, 3.63) is 74.9 Å². The number of rotatable bonds is 7. The molecule has 10 nitrogen and oxygen atoms in total. The highest BCUT2D eigenvalue weighted by atomic mass is 32.2. The van der Waals surface area contributed by atoms with Crippen molar-refractivity contribution in [1.82, 2.24) is 14.3 Å². The predicted octanol–water partition coefficient (Wildman–Crippen LogP) is 2.31. The number of hydrogen-bond donors (Lipinski definition) is 2. The second-order valence-electron chi connectivity index (χ2n) is 8.47. The first-order valence-corrected chi connectivity index (χ1v) is 12.3. The van der Waals surface area contributed by atoms with Crippen LogP contribution in [0, 0.1) is 21.8 Å². The molecular weight excluding hydrogens is 465 g/mol. The van der Waals surface area contributed by atoms with Crippen molar-refractivity contribution >= 4 is 26.7 Å². The molecule has 1 saturated carbocycles. The van der Waals surface area contributed by atoms with Crippen molar-refractivity contribution < 1.29 is 17.7 Å². The predicted molar refractivity (Wildman–Crippen MR) is 123 cm³/mol. The SMILES string of the molecule is NC1CCC(C(Cn2c(=O)cnc3ccc(F)cc32)NS(=O)(=O)c2ccccc2[N+](=O)[O-])CC1. The number of aromatic nitrogens is 2. The smallest absolute Gasteiger partial charge is 0.289 e. The zero-order chi connectivity index (χ0) is 24.5. The van der Waals surface area contributed by atoms with E-state index >= 15 is 0 Å². The van der Waals surface area contributed by atoms with Crippen LogP contribution in [0.2, 0.25) is 0 Å². The molecule has 2 aromatic carbocycles. The molecule has 3 aromatic rings. The van der Waals surface area contributed by atoms with Gasteiger partial charge in [-0.2, -0.15) is 0 Å². The quantitative estimate of drug-likeness (QED) is 0.382. The van der Waals surface area contributed by atoms with E-state index in [1.807, 2.05) is 0 Å². The number of hydrogen-bond acceptors (Lipinski definition) is 7. The van der Waals surface area contributed by atoms with Gasteiger partial charge in [0, 0.05) is 24.7 Å². The van der Waals surface area contributed by atoms with Gasteiger partial charge in [0.1, 0.15) is 5.82 Å². The Hall–Kier alpha value is -3.22. The monoisotopic (exact) mass is 489 g/mol. The van der Waals surface area contributed by atoms with Crippen LogP contribution in [0.25, 0.3) is 11.0 Å².